The second-order valence-corrected chi connectivity index (χ2v) is 4.75. The third kappa shape index (κ3) is 0.468. The van der Waals surface area contributed by atoms with E-state index in [0.29, 0.717) is 0 Å². The molecule has 0 amide bonds. The Labute approximate surface area is 64.2 Å². The molecule has 0 aromatic rings. The van der Waals surface area contributed by atoms with Gasteiger partial charge in [0.25, 0.3) is 0 Å². The summed E-state index contributed by atoms with van der Waals surface area (Å²) in [5.41, 5.74) is 0.806. The highest BCUT2D eigenvalue weighted by Crippen LogP contribution is 2.66. The summed E-state index contributed by atoms with van der Waals surface area (Å²) in [5, 5.41) is 0. The van der Waals surface area contributed by atoms with E-state index in [0.717, 1.165) is 15.3 Å². The Kier molecular flexibility index (Phi) is 0.975. The lowest BCUT2D eigenvalue weighted by Crippen LogP contribution is -1.92. The van der Waals surface area contributed by atoms with Crippen molar-refractivity contribution >= 4 is 22.6 Å². The van der Waals surface area contributed by atoms with Crippen molar-refractivity contribution in [3.63, 3.8) is 0 Å². The normalized spacial score (nSPS) is 60.8. The van der Waals surface area contributed by atoms with Gasteiger partial charge >= 0.3 is 0 Å². The lowest BCUT2D eigenvalue weighted by Gasteiger charge is -2.00. The highest BCUT2D eigenvalue weighted by Gasteiger charge is 2.61. The molecule has 0 N–H and O–H groups in total. The molecule has 2 fully saturated rings. The van der Waals surface area contributed by atoms with Gasteiger partial charge in [-0.05, 0) is 24.2 Å². The van der Waals surface area contributed by atoms with Crippen LogP contribution in [0, 0.1) is 11.3 Å². The van der Waals surface area contributed by atoms with Crippen molar-refractivity contribution in [2.45, 2.75) is 30.1 Å². The molecule has 2 rings (SSSR count). The molecular formula is C7H11I. The van der Waals surface area contributed by atoms with Gasteiger partial charge in [0.1, 0.15) is 0 Å². The molecule has 0 aromatic carbocycles. The van der Waals surface area contributed by atoms with Crippen LogP contribution in [0.2, 0.25) is 0 Å². The van der Waals surface area contributed by atoms with Crippen molar-refractivity contribution in [2.24, 2.45) is 11.3 Å². The number of alkyl halides is 1. The predicted octanol–water partition coefficient (Wildman–Crippen LogP) is 2.61. The van der Waals surface area contributed by atoms with Gasteiger partial charge in [0.05, 0.1) is 0 Å². The third-order valence-electron chi connectivity index (χ3n) is 2.95. The maximum Gasteiger partial charge on any atom is 0.0200 e. The largest absolute Gasteiger partial charge is 0.0817 e. The first-order valence-corrected chi connectivity index (χ1v) is 4.64. The molecule has 0 heterocycles. The minimum Gasteiger partial charge on any atom is -0.0817 e. The molecule has 0 aromatic heterocycles. The quantitative estimate of drug-likeness (QED) is 0.436. The van der Waals surface area contributed by atoms with Crippen molar-refractivity contribution in [3.05, 3.63) is 0 Å². The Hall–Kier alpha value is 0.730. The molecule has 2 unspecified atom stereocenters. The standard InChI is InChI=1S/C7H11I/c1-7-4-2-3-5(7)6(7)8/h5-6H,2-4H2,1H3/t5?,6-,7?/m1/s1. The molecular weight excluding hydrogens is 211 g/mol. The predicted molar refractivity (Wildman–Crippen MR) is 43.3 cm³/mol. The summed E-state index contributed by atoms with van der Waals surface area (Å²) in [5.74, 6) is 1.11. The lowest BCUT2D eigenvalue weighted by molar-refractivity contribution is 0.554. The van der Waals surface area contributed by atoms with Crippen LogP contribution in [0.25, 0.3) is 0 Å². The van der Waals surface area contributed by atoms with E-state index >= 15 is 0 Å². The molecule has 1 heteroatoms. The van der Waals surface area contributed by atoms with Crippen LogP contribution in [0.15, 0.2) is 0 Å². The van der Waals surface area contributed by atoms with E-state index in [1.54, 1.807) is 0 Å². The average Bonchev–Trinajstić information content (AvgIpc) is 2.23. The van der Waals surface area contributed by atoms with E-state index in [4.69, 9.17) is 0 Å². The molecule has 0 nitrogen and oxygen atoms in total. The molecule has 8 heavy (non-hydrogen) atoms. The first kappa shape index (κ1) is 5.51. The number of hydrogen-bond acceptors (Lipinski definition) is 0. The molecule has 3 atom stereocenters. The molecule has 0 spiro atoms. The molecule has 0 saturated heterocycles. The van der Waals surface area contributed by atoms with Crippen LogP contribution in [-0.4, -0.2) is 3.92 Å². The van der Waals surface area contributed by atoms with E-state index in [1.165, 1.54) is 19.3 Å². The zero-order chi connectivity index (χ0) is 5.78. The number of fused-ring (bicyclic) bond motifs is 1. The van der Waals surface area contributed by atoms with E-state index in [-0.39, 0.29) is 0 Å². The first-order valence-electron chi connectivity index (χ1n) is 3.39. The highest BCUT2D eigenvalue weighted by molar-refractivity contribution is 14.1. The molecule has 0 aliphatic heterocycles. The van der Waals surface area contributed by atoms with Gasteiger partial charge < -0.3 is 0 Å². The summed E-state index contributed by atoms with van der Waals surface area (Å²) in [6.07, 6.45) is 4.52. The number of rotatable bonds is 0. The second kappa shape index (κ2) is 1.41. The minimum atomic E-state index is 0.806. The Bertz CT molecular complexity index is 122. The minimum absolute atomic E-state index is 0.806. The summed E-state index contributed by atoms with van der Waals surface area (Å²) in [4.78, 5) is 0. The summed E-state index contributed by atoms with van der Waals surface area (Å²) in [7, 11) is 0. The van der Waals surface area contributed by atoms with Crippen LogP contribution in [0.5, 0.6) is 0 Å². The Morgan fingerprint density at radius 3 is 2.62 bits per heavy atom. The van der Waals surface area contributed by atoms with Gasteiger partial charge in [-0.1, -0.05) is 35.9 Å². The Morgan fingerprint density at radius 2 is 2.38 bits per heavy atom. The van der Waals surface area contributed by atoms with Crippen molar-refractivity contribution in [1.29, 1.82) is 0 Å². The SMILES string of the molecule is CC12CCCC1[C@H]2I. The lowest BCUT2D eigenvalue weighted by atomic mass is 10.1. The molecule has 2 saturated carbocycles. The van der Waals surface area contributed by atoms with Gasteiger partial charge in [-0.25, -0.2) is 0 Å². The van der Waals surface area contributed by atoms with E-state index in [9.17, 15) is 0 Å². The van der Waals surface area contributed by atoms with Crippen LogP contribution in [0.1, 0.15) is 26.2 Å². The maximum atomic E-state index is 2.61. The Balaban J connectivity index is 2.18. The molecule has 0 bridgehead atoms. The highest BCUT2D eigenvalue weighted by atomic mass is 127. The van der Waals surface area contributed by atoms with Gasteiger partial charge in [-0.3, -0.25) is 0 Å². The van der Waals surface area contributed by atoms with Gasteiger partial charge in [0, 0.05) is 3.92 Å². The van der Waals surface area contributed by atoms with Crippen molar-refractivity contribution < 1.29 is 0 Å². The van der Waals surface area contributed by atoms with Crippen molar-refractivity contribution in [2.75, 3.05) is 0 Å². The van der Waals surface area contributed by atoms with E-state index in [1.807, 2.05) is 0 Å². The van der Waals surface area contributed by atoms with Crippen LogP contribution < -0.4 is 0 Å². The first-order chi connectivity index (χ1) is 3.75. The molecule has 46 valence electrons. The van der Waals surface area contributed by atoms with Gasteiger partial charge in [-0.2, -0.15) is 0 Å². The van der Waals surface area contributed by atoms with E-state index < -0.39 is 0 Å². The average molecular weight is 222 g/mol. The molecule has 2 aliphatic rings. The smallest absolute Gasteiger partial charge is 0.0200 e. The monoisotopic (exact) mass is 222 g/mol. The third-order valence-corrected chi connectivity index (χ3v) is 5.24. The summed E-state index contributed by atoms with van der Waals surface area (Å²) < 4.78 is 1.04. The fourth-order valence-corrected chi connectivity index (χ4v) is 3.85. The van der Waals surface area contributed by atoms with Crippen LogP contribution in [-0.2, 0) is 0 Å². The molecule has 2 aliphatic carbocycles. The zero-order valence-corrected chi connectivity index (χ0v) is 7.31. The Morgan fingerprint density at radius 1 is 1.62 bits per heavy atom. The van der Waals surface area contributed by atoms with Crippen molar-refractivity contribution in [3.8, 4) is 0 Å². The fraction of sp³-hybridized carbons (Fsp3) is 1.00. The zero-order valence-electron chi connectivity index (χ0n) is 5.15. The van der Waals surface area contributed by atoms with E-state index in [2.05, 4.69) is 29.5 Å². The van der Waals surface area contributed by atoms with Gasteiger partial charge in [0.2, 0.25) is 0 Å². The fourth-order valence-electron chi connectivity index (χ4n) is 2.10. The number of hydrogen-bond donors (Lipinski definition) is 0. The second-order valence-electron chi connectivity index (χ2n) is 3.41. The van der Waals surface area contributed by atoms with Gasteiger partial charge in [0.15, 0.2) is 0 Å². The van der Waals surface area contributed by atoms with Crippen molar-refractivity contribution in [1.82, 2.24) is 0 Å². The summed E-state index contributed by atoms with van der Waals surface area (Å²) in [6, 6.07) is 0. The van der Waals surface area contributed by atoms with Crippen LogP contribution >= 0.6 is 22.6 Å². The molecule has 0 radical (unpaired) electrons. The summed E-state index contributed by atoms with van der Waals surface area (Å²) >= 11 is 2.61. The summed E-state index contributed by atoms with van der Waals surface area (Å²) in [6.45, 7) is 2.45. The maximum absolute atomic E-state index is 2.61. The number of halogens is 1. The van der Waals surface area contributed by atoms with Crippen LogP contribution in [0.4, 0.5) is 0 Å². The van der Waals surface area contributed by atoms with Crippen LogP contribution in [0.3, 0.4) is 0 Å². The van der Waals surface area contributed by atoms with Gasteiger partial charge in [-0.15, -0.1) is 0 Å². The topological polar surface area (TPSA) is 0 Å².